The number of piperazine rings is 1. The van der Waals surface area contributed by atoms with E-state index in [0.29, 0.717) is 13.0 Å². The van der Waals surface area contributed by atoms with Gasteiger partial charge in [0, 0.05) is 50.4 Å². The van der Waals surface area contributed by atoms with Crippen LogP contribution in [-0.2, 0) is 5.60 Å². The van der Waals surface area contributed by atoms with Crippen LogP contribution in [0.25, 0.3) is 0 Å². The first-order valence-electron chi connectivity index (χ1n) is 10.7. The highest BCUT2D eigenvalue weighted by atomic mass is 16.6. The second-order valence-corrected chi connectivity index (χ2v) is 9.04. The molecule has 0 spiro atoms. The molecule has 6 nitrogen and oxygen atoms in total. The molecule has 1 saturated heterocycles. The predicted molar refractivity (Wildman–Crippen MR) is 124 cm³/mol. The highest BCUT2D eigenvalue weighted by Gasteiger charge is 2.40. The molecule has 1 aliphatic heterocycles. The topological polar surface area (TPSA) is 69.8 Å². The van der Waals surface area contributed by atoms with Crippen molar-refractivity contribution >= 4 is 11.4 Å². The Balaban J connectivity index is 1.54. The molecule has 31 heavy (non-hydrogen) atoms. The number of nitro benzene ring substituents is 1. The molecule has 0 aromatic heterocycles. The summed E-state index contributed by atoms with van der Waals surface area (Å²) in [5.41, 5.74) is 0.682. The van der Waals surface area contributed by atoms with E-state index < -0.39 is 5.60 Å². The summed E-state index contributed by atoms with van der Waals surface area (Å²) in [6, 6.07) is 16.5. The van der Waals surface area contributed by atoms with Gasteiger partial charge in [0.05, 0.1) is 11.5 Å². The predicted octanol–water partition coefficient (Wildman–Crippen LogP) is 4.04. The van der Waals surface area contributed by atoms with E-state index >= 15 is 0 Å². The number of nitro groups is 1. The highest BCUT2D eigenvalue weighted by molar-refractivity contribution is 5.51. The fraction of sp³-hybridized carbons (Fsp3) is 0.440. The summed E-state index contributed by atoms with van der Waals surface area (Å²) in [6.07, 6.45) is 0.392. The lowest BCUT2D eigenvalue weighted by molar-refractivity contribution is -0.384. The first-order valence-corrected chi connectivity index (χ1v) is 10.7. The molecule has 0 unspecified atom stereocenters. The van der Waals surface area contributed by atoms with Gasteiger partial charge in [-0.2, -0.15) is 0 Å². The lowest BCUT2D eigenvalue weighted by atomic mass is 9.70. The average molecular weight is 422 g/mol. The Labute approximate surface area is 184 Å². The van der Waals surface area contributed by atoms with Crippen LogP contribution in [0, 0.1) is 27.4 Å². The normalized spacial score (nSPS) is 16.8. The van der Waals surface area contributed by atoms with Crippen molar-refractivity contribution < 1.29 is 10.0 Å². The largest absolute Gasteiger partial charge is 0.384 e. The number of benzene rings is 2. The molecule has 0 saturated carbocycles. The Kier molecular flexibility index (Phi) is 6.99. The second-order valence-electron chi connectivity index (χ2n) is 9.04. The lowest BCUT2D eigenvalue weighted by Crippen LogP contribution is -2.46. The summed E-state index contributed by atoms with van der Waals surface area (Å²) in [4.78, 5) is 15.0. The van der Waals surface area contributed by atoms with Crippen LogP contribution in [-0.4, -0.2) is 47.7 Å². The van der Waals surface area contributed by atoms with E-state index in [1.54, 1.807) is 12.1 Å². The summed E-state index contributed by atoms with van der Waals surface area (Å²) in [6.45, 7) is 10.3. The van der Waals surface area contributed by atoms with Gasteiger partial charge in [-0.1, -0.05) is 62.9 Å². The van der Waals surface area contributed by atoms with Crippen molar-refractivity contribution in [2.45, 2.75) is 32.8 Å². The van der Waals surface area contributed by atoms with Crippen LogP contribution in [0.5, 0.6) is 0 Å². The van der Waals surface area contributed by atoms with E-state index in [2.05, 4.69) is 21.6 Å². The zero-order valence-corrected chi connectivity index (χ0v) is 18.5. The van der Waals surface area contributed by atoms with Gasteiger partial charge in [0.15, 0.2) is 0 Å². The highest BCUT2D eigenvalue weighted by Crippen LogP contribution is 2.41. The van der Waals surface area contributed by atoms with Gasteiger partial charge in [-0.25, -0.2) is 0 Å². The van der Waals surface area contributed by atoms with Crippen LogP contribution in [0.3, 0.4) is 0 Å². The van der Waals surface area contributed by atoms with E-state index in [0.717, 1.165) is 37.4 Å². The van der Waals surface area contributed by atoms with Gasteiger partial charge in [-0.3, -0.25) is 15.0 Å². The minimum atomic E-state index is -1.00. The monoisotopic (exact) mass is 421 g/mol. The van der Waals surface area contributed by atoms with E-state index in [1.165, 1.54) is 0 Å². The van der Waals surface area contributed by atoms with Crippen LogP contribution in [0.2, 0.25) is 0 Å². The van der Waals surface area contributed by atoms with Crippen molar-refractivity contribution in [1.29, 1.82) is 0 Å². The summed E-state index contributed by atoms with van der Waals surface area (Å²) in [5.74, 6) is 6.47. The molecule has 1 heterocycles. The van der Waals surface area contributed by atoms with Gasteiger partial charge in [-0.15, -0.1) is 0 Å². The third-order valence-corrected chi connectivity index (χ3v) is 6.06. The smallest absolute Gasteiger partial charge is 0.269 e. The van der Waals surface area contributed by atoms with E-state index in [-0.39, 0.29) is 16.0 Å². The minimum absolute atomic E-state index is 0.114. The SMILES string of the molecule is CC(C)(C)[C@@](O)(CC#CCN1CCN(c2ccc([N+](=O)[O-])cc2)CC1)c1ccccc1. The molecule has 0 bridgehead atoms. The molecule has 0 radical (unpaired) electrons. The van der Waals surface area contributed by atoms with Crippen LogP contribution in [0.15, 0.2) is 54.6 Å². The zero-order valence-electron chi connectivity index (χ0n) is 18.5. The number of rotatable bonds is 5. The fourth-order valence-electron chi connectivity index (χ4n) is 3.82. The van der Waals surface area contributed by atoms with E-state index in [4.69, 9.17) is 0 Å². The number of hydrogen-bond acceptors (Lipinski definition) is 5. The van der Waals surface area contributed by atoms with Gasteiger partial charge in [0.2, 0.25) is 0 Å². The molecule has 3 rings (SSSR count). The molecule has 1 aliphatic rings. The summed E-state index contributed by atoms with van der Waals surface area (Å²) >= 11 is 0. The lowest BCUT2D eigenvalue weighted by Gasteiger charge is -2.39. The Bertz CT molecular complexity index is 934. The standard InChI is InChI=1S/C25H31N3O3/c1-24(2,3)25(29,21-9-5-4-6-10-21)15-7-8-16-26-17-19-27(20-18-26)22-11-13-23(14-12-22)28(30)31/h4-6,9-14,29H,15-20H2,1-3H3/t25-/m1/s1. The molecule has 1 atom stereocenters. The maximum absolute atomic E-state index is 11.4. The fourth-order valence-corrected chi connectivity index (χ4v) is 3.82. The Morgan fingerprint density at radius 2 is 1.58 bits per heavy atom. The summed E-state index contributed by atoms with van der Waals surface area (Å²) in [7, 11) is 0. The van der Waals surface area contributed by atoms with Gasteiger partial charge < -0.3 is 10.0 Å². The quantitative estimate of drug-likeness (QED) is 0.448. The van der Waals surface area contributed by atoms with Gasteiger partial charge in [-0.05, 0) is 23.1 Å². The molecule has 2 aromatic carbocycles. The maximum atomic E-state index is 11.4. The molecule has 6 heteroatoms. The number of non-ortho nitro benzene ring substituents is 1. The molecule has 1 N–H and O–H groups in total. The van der Waals surface area contributed by atoms with Gasteiger partial charge in [0.1, 0.15) is 5.60 Å². The number of aliphatic hydroxyl groups is 1. The maximum Gasteiger partial charge on any atom is 0.269 e. The van der Waals surface area contributed by atoms with Crippen molar-refractivity contribution in [3.8, 4) is 11.8 Å². The number of hydrogen-bond donors (Lipinski definition) is 1. The van der Waals surface area contributed by atoms with Crippen LogP contribution >= 0.6 is 0 Å². The van der Waals surface area contributed by atoms with Crippen molar-refractivity contribution in [2.24, 2.45) is 5.41 Å². The molecular formula is C25H31N3O3. The minimum Gasteiger partial charge on any atom is -0.384 e. The van der Waals surface area contributed by atoms with Gasteiger partial charge in [0.25, 0.3) is 5.69 Å². The number of nitrogens with zero attached hydrogens (tertiary/aromatic N) is 3. The molecular weight excluding hydrogens is 390 g/mol. The first-order chi connectivity index (χ1) is 14.7. The van der Waals surface area contributed by atoms with Crippen molar-refractivity contribution in [3.05, 3.63) is 70.3 Å². The molecule has 0 aliphatic carbocycles. The van der Waals surface area contributed by atoms with Crippen molar-refractivity contribution in [3.63, 3.8) is 0 Å². The zero-order chi connectivity index (χ0) is 22.5. The van der Waals surface area contributed by atoms with Crippen molar-refractivity contribution in [1.82, 2.24) is 4.90 Å². The summed E-state index contributed by atoms with van der Waals surface area (Å²) in [5, 5.41) is 22.2. The third kappa shape index (κ3) is 5.43. The Morgan fingerprint density at radius 1 is 0.968 bits per heavy atom. The molecule has 2 aromatic rings. The van der Waals surface area contributed by atoms with Crippen LogP contribution in [0.1, 0.15) is 32.8 Å². The summed E-state index contributed by atoms with van der Waals surface area (Å²) < 4.78 is 0. The molecule has 164 valence electrons. The number of anilines is 1. The second kappa shape index (κ2) is 9.51. The first kappa shape index (κ1) is 22.8. The third-order valence-electron chi connectivity index (χ3n) is 6.06. The Hall–Kier alpha value is -2.88. The van der Waals surface area contributed by atoms with E-state index in [9.17, 15) is 15.2 Å². The van der Waals surface area contributed by atoms with Crippen LogP contribution in [0.4, 0.5) is 11.4 Å². The van der Waals surface area contributed by atoms with E-state index in [1.807, 2.05) is 63.2 Å². The Morgan fingerprint density at radius 3 is 2.13 bits per heavy atom. The van der Waals surface area contributed by atoms with Gasteiger partial charge >= 0.3 is 0 Å². The molecule has 1 fully saturated rings. The van der Waals surface area contributed by atoms with Crippen LogP contribution < -0.4 is 4.90 Å². The molecule has 0 amide bonds. The average Bonchev–Trinajstić information content (AvgIpc) is 2.77. The van der Waals surface area contributed by atoms with Crippen molar-refractivity contribution in [2.75, 3.05) is 37.6 Å².